The fourth-order valence-corrected chi connectivity index (χ4v) is 0.356. The summed E-state index contributed by atoms with van der Waals surface area (Å²) in [5, 5.41) is 25.0. The van der Waals surface area contributed by atoms with Gasteiger partial charge in [0.25, 0.3) is 0 Å². The zero-order valence-electron chi connectivity index (χ0n) is 12.2. The fourth-order valence-electron chi connectivity index (χ4n) is 0.356. The van der Waals surface area contributed by atoms with Crippen LogP contribution in [0.3, 0.4) is 0 Å². The summed E-state index contributed by atoms with van der Waals surface area (Å²) >= 11 is 0. The molecule has 0 spiro atoms. The van der Waals surface area contributed by atoms with Crippen LogP contribution in [0.25, 0.3) is 0 Å². The van der Waals surface area contributed by atoms with Crippen LogP contribution in [0, 0.1) is 0 Å². The molecule has 7 nitrogen and oxygen atoms in total. The molecule has 0 saturated heterocycles. The third-order valence-electron chi connectivity index (χ3n) is 1.45. The van der Waals surface area contributed by atoms with E-state index in [4.69, 9.17) is 20.1 Å². The van der Waals surface area contributed by atoms with E-state index in [9.17, 15) is 9.59 Å². The summed E-state index contributed by atoms with van der Waals surface area (Å²) in [5.74, 6) is -1.42. The molecule has 2 unspecified atom stereocenters. The number of aliphatic hydroxyl groups is 2. The molecule has 0 rings (SSSR count). The third kappa shape index (κ3) is 29.9. The van der Waals surface area contributed by atoms with Crippen molar-refractivity contribution in [1.82, 2.24) is 0 Å². The molecule has 0 aromatic rings. The highest BCUT2D eigenvalue weighted by Gasteiger charge is 2.00. The van der Waals surface area contributed by atoms with E-state index in [1.165, 1.54) is 6.92 Å². The van der Waals surface area contributed by atoms with Gasteiger partial charge in [0.1, 0.15) is 0 Å². The Kier molecular flexibility index (Phi) is 18.0. The van der Waals surface area contributed by atoms with Crippen LogP contribution < -0.4 is 5.73 Å². The Hall–Kier alpha value is -1.70. The maximum absolute atomic E-state index is 9.60. The molecule has 0 bridgehead atoms. The number of nitrogens with two attached hydrogens (primary N) is 1. The van der Waals surface area contributed by atoms with Crippen molar-refractivity contribution in [2.45, 2.75) is 33.0 Å². The maximum atomic E-state index is 9.60. The van der Waals surface area contributed by atoms with Crippen molar-refractivity contribution >= 4 is 11.9 Å². The second-order valence-corrected chi connectivity index (χ2v) is 3.87. The number of hydrogen-bond acceptors (Lipinski definition) is 5. The quantitative estimate of drug-likeness (QED) is 0.512. The van der Waals surface area contributed by atoms with E-state index in [1.807, 2.05) is 0 Å². The first kappa shape index (κ1) is 23.4. The summed E-state index contributed by atoms with van der Waals surface area (Å²) in [4.78, 5) is 19.1. The number of carbonyl (C=O) groups excluding carboxylic acids is 1. The lowest BCUT2D eigenvalue weighted by atomic mass is 10.4. The van der Waals surface area contributed by atoms with E-state index in [0.717, 1.165) is 6.08 Å². The molecular formula is C13H25NO6. The van der Waals surface area contributed by atoms with Crippen molar-refractivity contribution in [2.75, 3.05) is 13.2 Å². The van der Waals surface area contributed by atoms with Gasteiger partial charge in [-0.1, -0.05) is 13.2 Å². The van der Waals surface area contributed by atoms with Crippen LogP contribution in [0.1, 0.15) is 20.8 Å². The third-order valence-corrected chi connectivity index (χ3v) is 1.45. The largest absolute Gasteiger partial charge is 0.478 e. The van der Waals surface area contributed by atoms with E-state index in [-0.39, 0.29) is 18.3 Å². The number of aliphatic carboxylic acids is 1. The van der Waals surface area contributed by atoms with Gasteiger partial charge in [-0.3, -0.25) is 4.79 Å². The molecule has 0 fully saturated rings. The zero-order chi connectivity index (χ0) is 16.7. The first-order valence-electron chi connectivity index (χ1n) is 5.79. The maximum Gasteiger partial charge on any atom is 0.330 e. The van der Waals surface area contributed by atoms with E-state index in [2.05, 4.69) is 18.9 Å². The van der Waals surface area contributed by atoms with Crippen molar-refractivity contribution in [2.24, 2.45) is 5.73 Å². The highest BCUT2D eigenvalue weighted by Crippen LogP contribution is 1.90. The van der Waals surface area contributed by atoms with Gasteiger partial charge in [0, 0.05) is 5.57 Å². The molecule has 0 saturated carbocycles. The van der Waals surface area contributed by atoms with Crippen molar-refractivity contribution < 1.29 is 29.6 Å². The molecule has 0 aromatic carbocycles. The zero-order valence-corrected chi connectivity index (χ0v) is 12.2. The minimum absolute atomic E-state index is 0.00667. The standard InChI is InChI=1S/C6H14O3.C4H6O2.C3H5NO/c1-5(8)4-9-6(2)3-7;1-3(2)4(5)6;1-2-3(4)5/h5-8H,3-4H2,1-2H3;1H2,2H3,(H,5,6);2H,1H2,(H2,4,5). The SMILES string of the molecule is C=C(C)C(=O)O.C=CC(N)=O.CC(O)COC(C)CO. The Morgan fingerprint density at radius 1 is 1.40 bits per heavy atom. The molecule has 0 aliphatic heterocycles. The van der Waals surface area contributed by atoms with Crippen LogP contribution in [0.4, 0.5) is 0 Å². The Bertz CT molecular complexity index is 289. The number of aliphatic hydroxyl groups excluding tert-OH is 2. The molecule has 0 aromatic heterocycles. The summed E-state index contributed by atoms with van der Waals surface area (Å²) in [6, 6.07) is 0. The smallest absolute Gasteiger partial charge is 0.330 e. The second kappa shape index (κ2) is 15.4. The van der Waals surface area contributed by atoms with Gasteiger partial charge >= 0.3 is 5.97 Å². The van der Waals surface area contributed by atoms with Crippen LogP contribution in [-0.2, 0) is 14.3 Å². The monoisotopic (exact) mass is 291 g/mol. The van der Waals surface area contributed by atoms with E-state index < -0.39 is 18.0 Å². The first-order chi connectivity index (χ1) is 9.08. The van der Waals surface area contributed by atoms with Crippen molar-refractivity contribution in [3.05, 3.63) is 24.8 Å². The second-order valence-electron chi connectivity index (χ2n) is 3.87. The van der Waals surface area contributed by atoms with Gasteiger partial charge in [-0.2, -0.15) is 0 Å². The lowest BCUT2D eigenvalue weighted by molar-refractivity contribution is -0.132. The summed E-state index contributed by atoms with van der Waals surface area (Å²) in [5.41, 5.74) is 4.71. The number of amides is 1. The molecule has 5 N–H and O–H groups in total. The van der Waals surface area contributed by atoms with Crippen LogP contribution in [0.2, 0.25) is 0 Å². The summed E-state index contributed by atoms with van der Waals surface area (Å²) < 4.78 is 4.95. The Balaban J connectivity index is -0.000000230. The van der Waals surface area contributed by atoms with E-state index in [0.29, 0.717) is 6.61 Å². The van der Waals surface area contributed by atoms with Gasteiger partial charge < -0.3 is 25.8 Å². The number of ether oxygens (including phenoxy) is 1. The molecule has 0 aliphatic rings. The molecule has 1 amide bonds. The average molecular weight is 291 g/mol. The number of rotatable bonds is 6. The predicted molar refractivity (Wildman–Crippen MR) is 76.0 cm³/mol. The summed E-state index contributed by atoms with van der Waals surface area (Å²) in [6.45, 7) is 11.4. The van der Waals surface area contributed by atoms with Gasteiger partial charge in [-0.25, -0.2) is 4.79 Å². The highest BCUT2D eigenvalue weighted by molar-refractivity contribution is 5.85. The Morgan fingerprint density at radius 2 is 1.75 bits per heavy atom. The number of primary amides is 1. The molecule has 118 valence electrons. The lowest BCUT2D eigenvalue weighted by Crippen LogP contribution is -2.19. The van der Waals surface area contributed by atoms with E-state index >= 15 is 0 Å². The Labute approximate surface area is 119 Å². The predicted octanol–water partition coefficient (Wildman–Crippen LogP) is 0.0694. The van der Waals surface area contributed by atoms with Crippen molar-refractivity contribution in [1.29, 1.82) is 0 Å². The number of hydrogen-bond donors (Lipinski definition) is 4. The van der Waals surface area contributed by atoms with E-state index in [1.54, 1.807) is 13.8 Å². The number of carbonyl (C=O) groups is 2. The summed E-state index contributed by atoms with van der Waals surface area (Å²) in [7, 11) is 0. The fraction of sp³-hybridized carbons (Fsp3) is 0.538. The average Bonchev–Trinajstić information content (AvgIpc) is 2.37. The first-order valence-corrected chi connectivity index (χ1v) is 5.79. The van der Waals surface area contributed by atoms with Gasteiger partial charge in [0.15, 0.2) is 0 Å². The number of carboxylic acids is 1. The lowest BCUT2D eigenvalue weighted by Gasteiger charge is -2.10. The molecule has 0 heterocycles. The van der Waals surface area contributed by atoms with Crippen molar-refractivity contribution in [3.8, 4) is 0 Å². The van der Waals surface area contributed by atoms with Gasteiger partial charge in [0.2, 0.25) is 5.91 Å². The van der Waals surface area contributed by atoms with Gasteiger partial charge in [-0.15, -0.1) is 0 Å². The Morgan fingerprint density at radius 3 is 1.90 bits per heavy atom. The van der Waals surface area contributed by atoms with Crippen LogP contribution in [-0.4, -0.2) is 52.6 Å². The summed E-state index contributed by atoms with van der Waals surface area (Å²) in [6.07, 6.45) is 0.443. The molecule has 7 heteroatoms. The minimum atomic E-state index is -0.935. The molecule has 0 aliphatic carbocycles. The minimum Gasteiger partial charge on any atom is -0.478 e. The molecule has 0 radical (unpaired) electrons. The molecule has 2 atom stereocenters. The van der Waals surface area contributed by atoms with Gasteiger partial charge in [-0.05, 0) is 26.8 Å². The number of carboxylic acid groups (broad SMARTS) is 1. The van der Waals surface area contributed by atoms with Gasteiger partial charge in [0.05, 0.1) is 25.4 Å². The van der Waals surface area contributed by atoms with Crippen LogP contribution >= 0.6 is 0 Å². The van der Waals surface area contributed by atoms with Crippen LogP contribution in [0.5, 0.6) is 0 Å². The van der Waals surface area contributed by atoms with Crippen molar-refractivity contribution in [3.63, 3.8) is 0 Å². The highest BCUT2D eigenvalue weighted by atomic mass is 16.5. The topological polar surface area (TPSA) is 130 Å². The normalized spacial score (nSPS) is 11.7. The molecule has 20 heavy (non-hydrogen) atoms. The molecular weight excluding hydrogens is 266 g/mol. The van der Waals surface area contributed by atoms with Crippen LogP contribution in [0.15, 0.2) is 24.8 Å².